The highest BCUT2D eigenvalue weighted by Gasteiger charge is 2.11. The molecule has 2 N–H and O–H groups in total. The number of phenols is 2. The molecule has 2 aromatic carbocycles. The zero-order chi connectivity index (χ0) is 24.5. The highest BCUT2D eigenvalue weighted by Crippen LogP contribution is 2.14. The van der Waals surface area contributed by atoms with Gasteiger partial charge in [-0.05, 0) is 70.0 Å². The van der Waals surface area contributed by atoms with Crippen molar-refractivity contribution in [3.8, 4) is 11.5 Å². The van der Waals surface area contributed by atoms with E-state index in [1.165, 1.54) is 0 Å². The van der Waals surface area contributed by atoms with Crippen LogP contribution in [0.15, 0.2) is 48.5 Å². The SMILES string of the molecule is CCOC(COC(C)C)Cc1ccc(O)cc1.CCOCC(Cc1ccc(O)cc1)OCC. The van der Waals surface area contributed by atoms with E-state index in [4.69, 9.17) is 18.9 Å². The van der Waals surface area contributed by atoms with Crippen molar-refractivity contribution in [2.24, 2.45) is 0 Å². The van der Waals surface area contributed by atoms with Crippen molar-refractivity contribution in [1.82, 2.24) is 0 Å². The molecule has 2 aromatic rings. The Morgan fingerprint density at radius 2 is 1.03 bits per heavy atom. The topological polar surface area (TPSA) is 77.4 Å². The van der Waals surface area contributed by atoms with Crippen LogP contribution >= 0.6 is 0 Å². The number of benzene rings is 2. The first-order valence-electron chi connectivity index (χ1n) is 11.9. The molecule has 0 aromatic heterocycles. The van der Waals surface area contributed by atoms with Crippen LogP contribution in [0.25, 0.3) is 0 Å². The summed E-state index contributed by atoms with van der Waals surface area (Å²) < 4.78 is 22.2. The fourth-order valence-electron chi connectivity index (χ4n) is 3.14. The molecule has 0 aliphatic rings. The maximum Gasteiger partial charge on any atom is 0.115 e. The third-order valence-electron chi connectivity index (χ3n) is 4.73. The van der Waals surface area contributed by atoms with Gasteiger partial charge < -0.3 is 29.2 Å². The van der Waals surface area contributed by atoms with Crippen molar-refractivity contribution in [3.05, 3.63) is 59.7 Å². The summed E-state index contributed by atoms with van der Waals surface area (Å²) in [5.41, 5.74) is 2.30. The average Bonchev–Trinajstić information content (AvgIpc) is 2.79. The van der Waals surface area contributed by atoms with Gasteiger partial charge in [0.2, 0.25) is 0 Å². The summed E-state index contributed by atoms with van der Waals surface area (Å²) in [5, 5.41) is 18.4. The Labute approximate surface area is 199 Å². The normalized spacial score (nSPS) is 12.8. The molecule has 0 spiro atoms. The molecule has 0 aliphatic heterocycles. The third kappa shape index (κ3) is 13.9. The molecule has 6 heteroatoms. The van der Waals surface area contributed by atoms with Crippen LogP contribution in [0, 0.1) is 0 Å². The van der Waals surface area contributed by atoms with Gasteiger partial charge in [0, 0.05) is 32.7 Å². The van der Waals surface area contributed by atoms with Crippen molar-refractivity contribution in [2.45, 2.75) is 65.8 Å². The van der Waals surface area contributed by atoms with Crippen LogP contribution in [0.2, 0.25) is 0 Å². The minimum Gasteiger partial charge on any atom is -0.508 e. The molecule has 0 bridgehead atoms. The molecular weight excluding hydrogens is 420 g/mol. The highest BCUT2D eigenvalue weighted by molar-refractivity contribution is 5.27. The van der Waals surface area contributed by atoms with E-state index in [-0.39, 0.29) is 18.3 Å². The molecule has 0 radical (unpaired) electrons. The summed E-state index contributed by atoms with van der Waals surface area (Å²) in [4.78, 5) is 0. The van der Waals surface area contributed by atoms with Crippen molar-refractivity contribution in [1.29, 1.82) is 0 Å². The molecular formula is C27H42O6. The van der Waals surface area contributed by atoms with Crippen molar-refractivity contribution in [2.75, 3.05) is 33.0 Å². The fraction of sp³-hybridized carbons (Fsp3) is 0.556. The van der Waals surface area contributed by atoms with Crippen LogP contribution in [-0.4, -0.2) is 61.6 Å². The van der Waals surface area contributed by atoms with Gasteiger partial charge in [0.05, 0.1) is 31.5 Å². The lowest BCUT2D eigenvalue weighted by molar-refractivity contribution is -0.0305. The zero-order valence-electron chi connectivity index (χ0n) is 20.8. The van der Waals surface area contributed by atoms with Gasteiger partial charge in [0.15, 0.2) is 0 Å². The molecule has 33 heavy (non-hydrogen) atoms. The minimum atomic E-state index is 0.0759. The second-order valence-corrected chi connectivity index (χ2v) is 7.94. The zero-order valence-corrected chi connectivity index (χ0v) is 20.8. The Kier molecular flexibility index (Phi) is 15.2. The molecule has 0 fully saturated rings. The van der Waals surface area contributed by atoms with Crippen LogP contribution in [0.5, 0.6) is 11.5 Å². The van der Waals surface area contributed by atoms with E-state index in [0.717, 1.165) is 24.0 Å². The Morgan fingerprint density at radius 1 is 0.606 bits per heavy atom. The Bertz CT molecular complexity index is 714. The maximum absolute atomic E-state index is 9.21. The Balaban J connectivity index is 0.000000331. The largest absolute Gasteiger partial charge is 0.508 e. The van der Waals surface area contributed by atoms with E-state index in [2.05, 4.69) is 0 Å². The fourth-order valence-corrected chi connectivity index (χ4v) is 3.14. The van der Waals surface area contributed by atoms with Gasteiger partial charge in [0.1, 0.15) is 11.5 Å². The number of ether oxygens (including phenoxy) is 4. The standard InChI is InChI=1S/C14H22O3.C13H20O3/c1-4-16-14(10-17-11(2)3)9-12-5-7-13(15)8-6-12;1-3-15-10-13(16-4-2)9-11-5-7-12(14)8-6-11/h5-8,11,14-15H,4,9-10H2,1-3H3;5-8,13-14H,3-4,9-10H2,1-2H3. The second kappa shape index (κ2) is 17.4. The van der Waals surface area contributed by atoms with Crippen LogP contribution < -0.4 is 0 Å². The third-order valence-corrected chi connectivity index (χ3v) is 4.73. The summed E-state index contributed by atoms with van der Waals surface area (Å²) >= 11 is 0. The number of hydrogen-bond acceptors (Lipinski definition) is 6. The predicted molar refractivity (Wildman–Crippen MR) is 132 cm³/mol. The molecule has 0 aliphatic carbocycles. The van der Waals surface area contributed by atoms with Gasteiger partial charge in [-0.1, -0.05) is 24.3 Å². The van der Waals surface area contributed by atoms with Crippen molar-refractivity contribution < 1.29 is 29.2 Å². The number of rotatable bonds is 14. The number of aromatic hydroxyl groups is 2. The summed E-state index contributed by atoms with van der Waals surface area (Å²) in [6.45, 7) is 13.3. The van der Waals surface area contributed by atoms with Crippen LogP contribution in [0.3, 0.4) is 0 Å². The summed E-state index contributed by atoms with van der Waals surface area (Å²) in [6, 6.07) is 14.4. The quantitative estimate of drug-likeness (QED) is 0.405. The summed E-state index contributed by atoms with van der Waals surface area (Å²) in [6.07, 6.45) is 2.01. The predicted octanol–water partition coefficient (Wildman–Crippen LogP) is 5.14. The smallest absolute Gasteiger partial charge is 0.115 e. The lowest BCUT2D eigenvalue weighted by Gasteiger charge is -2.18. The van der Waals surface area contributed by atoms with Gasteiger partial charge in [-0.15, -0.1) is 0 Å². The number of phenolic OH excluding ortho intramolecular Hbond substituents is 2. The Hall–Kier alpha value is -2.12. The van der Waals surface area contributed by atoms with Crippen molar-refractivity contribution in [3.63, 3.8) is 0 Å². The minimum absolute atomic E-state index is 0.0759. The second-order valence-electron chi connectivity index (χ2n) is 7.94. The lowest BCUT2D eigenvalue weighted by atomic mass is 10.1. The first-order chi connectivity index (χ1) is 15.9. The molecule has 2 unspecified atom stereocenters. The molecule has 2 rings (SSSR count). The molecule has 6 nitrogen and oxygen atoms in total. The van der Waals surface area contributed by atoms with E-state index in [0.29, 0.717) is 44.5 Å². The lowest BCUT2D eigenvalue weighted by Crippen LogP contribution is -2.24. The first kappa shape index (κ1) is 28.9. The average molecular weight is 463 g/mol. The van der Waals surface area contributed by atoms with Gasteiger partial charge in [-0.3, -0.25) is 0 Å². The maximum atomic E-state index is 9.21. The van der Waals surface area contributed by atoms with Gasteiger partial charge in [-0.2, -0.15) is 0 Å². The molecule has 0 saturated carbocycles. The van der Waals surface area contributed by atoms with E-state index in [1.807, 2.05) is 58.9 Å². The molecule has 0 amide bonds. The van der Waals surface area contributed by atoms with Crippen LogP contribution in [-0.2, 0) is 31.8 Å². The molecule has 0 saturated heterocycles. The van der Waals surface area contributed by atoms with E-state index >= 15 is 0 Å². The van der Waals surface area contributed by atoms with Crippen LogP contribution in [0.4, 0.5) is 0 Å². The van der Waals surface area contributed by atoms with E-state index in [1.54, 1.807) is 24.3 Å². The molecule has 186 valence electrons. The summed E-state index contributed by atoms with van der Waals surface area (Å²) in [7, 11) is 0. The summed E-state index contributed by atoms with van der Waals surface area (Å²) in [5.74, 6) is 0.585. The number of hydrogen-bond donors (Lipinski definition) is 2. The van der Waals surface area contributed by atoms with E-state index < -0.39 is 0 Å². The van der Waals surface area contributed by atoms with E-state index in [9.17, 15) is 10.2 Å². The molecule has 2 atom stereocenters. The van der Waals surface area contributed by atoms with Gasteiger partial charge >= 0.3 is 0 Å². The first-order valence-corrected chi connectivity index (χ1v) is 11.9. The molecule has 0 heterocycles. The highest BCUT2D eigenvalue weighted by atomic mass is 16.5. The van der Waals surface area contributed by atoms with Gasteiger partial charge in [-0.25, -0.2) is 0 Å². The van der Waals surface area contributed by atoms with Crippen LogP contribution in [0.1, 0.15) is 45.7 Å². The monoisotopic (exact) mass is 462 g/mol. The van der Waals surface area contributed by atoms with Gasteiger partial charge in [0.25, 0.3) is 0 Å². The van der Waals surface area contributed by atoms with Crippen molar-refractivity contribution >= 4 is 0 Å². The Morgan fingerprint density at radius 3 is 1.39 bits per heavy atom.